The average Bonchev–Trinajstić information content (AvgIpc) is 2.83. The van der Waals surface area contributed by atoms with Crippen molar-refractivity contribution in [2.24, 2.45) is 12.0 Å². The lowest BCUT2D eigenvalue weighted by molar-refractivity contribution is 0.470. The number of aliphatic imine (C=N–C) groups is 1. The van der Waals surface area contributed by atoms with E-state index in [1.165, 1.54) is 6.26 Å². The van der Waals surface area contributed by atoms with E-state index in [1.54, 1.807) is 13.8 Å². The first-order valence-corrected chi connectivity index (χ1v) is 10.5. The molecule has 1 heterocycles. The summed E-state index contributed by atoms with van der Waals surface area (Å²) in [7, 11) is 0.691. The molecule has 1 aromatic heterocycles. The second kappa shape index (κ2) is 8.21. The summed E-state index contributed by atoms with van der Waals surface area (Å²) in [6.07, 6.45) is 3.28. The Bertz CT molecular complexity index is 705. The summed E-state index contributed by atoms with van der Waals surface area (Å²) >= 11 is 0. The third-order valence-electron chi connectivity index (χ3n) is 4.20. The summed E-state index contributed by atoms with van der Waals surface area (Å²) in [6, 6.07) is 0. The lowest BCUT2D eigenvalue weighted by atomic mass is 10.1. The molecule has 0 aliphatic rings. The zero-order valence-corrected chi connectivity index (χ0v) is 17.6. The molecule has 0 bridgehead atoms. The molecule has 0 saturated carbocycles. The molecule has 1 N–H and O–H groups in total. The van der Waals surface area contributed by atoms with E-state index in [0.717, 1.165) is 11.3 Å². The highest BCUT2D eigenvalue weighted by Crippen LogP contribution is 2.19. The van der Waals surface area contributed by atoms with Gasteiger partial charge in [-0.3, -0.25) is 9.67 Å². The van der Waals surface area contributed by atoms with E-state index in [2.05, 4.69) is 29.3 Å². The van der Waals surface area contributed by atoms with Crippen LogP contribution in [0, 0.1) is 0 Å². The molecule has 0 aromatic carbocycles. The van der Waals surface area contributed by atoms with Crippen molar-refractivity contribution >= 4 is 15.8 Å². The Kier molecular flexibility index (Phi) is 7.05. The van der Waals surface area contributed by atoms with Gasteiger partial charge in [0.2, 0.25) is 0 Å². The van der Waals surface area contributed by atoms with Gasteiger partial charge in [-0.2, -0.15) is 5.10 Å². The van der Waals surface area contributed by atoms with Gasteiger partial charge in [-0.1, -0.05) is 13.8 Å². The van der Waals surface area contributed by atoms with Gasteiger partial charge in [-0.15, -0.1) is 0 Å². The van der Waals surface area contributed by atoms with Crippen molar-refractivity contribution in [3.63, 3.8) is 0 Å². The Balaban J connectivity index is 3.01. The number of nitrogens with zero attached hydrogens (tertiary/aromatic N) is 4. The van der Waals surface area contributed by atoms with Crippen LogP contribution in [0.25, 0.3) is 0 Å². The van der Waals surface area contributed by atoms with E-state index < -0.39 is 14.6 Å². The fraction of sp³-hybridized carbons (Fsp3) is 0.765. The van der Waals surface area contributed by atoms with Crippen molar-refractivity contribution < 1.29 is 8.42 Å². The minimum atomic E-state index is -3.18. The van der Waals surface area contributed by atoms with Gasteiger partial charge in [0, 0.05) is 45.2 Å². The van der Waals surface area contributed by atoms with Gasteiger partial charge in [-0.05, 0) is 26.7 Å². The van der Waals surface area contributed by atoms with E-state index in [-0.39, 0.29) is 6.54 Å². The molecule has 0 amide bonds. The second-order valence-electron chi connectivity index (χ2n) is 7.43. The van der Waals surface area contributed by atoms with Gasteiger partial charge in [0.15, 0.2) is 15.8 Å². The molecule has 8 heteroatoms. The molecule has 0 saturated heterocycles. The van der Waals surface area contributed by atoms with E-state index in [4.69, 9.17) is 0 Å². The number of nitrogens with one attached hydrogen (secondary N) is 1. The normalized spacial score (nSPS) is 13.4. The maximum Gasteiger partial charge on any atom is 0.194 e. The summed E-state index contributed by atoms with van der Waals surface area (Å²) < 4.78 is 24.7. The number of aromatic nitrogens is 2. The van der Waals surface area contributed by atoms with Crippen LogP contribution in [-0.2, 0) is 23.4 Å². The molecular weight excluding hydrogens is 338 g/mol. The standard InChI is InChI=1S/C17H33N5O2S/c1-9-18-16(19-12-17(4,5)25(8,23)24)21(6)10-14-11-22(7)20-15(14)13(2)3/h11,13H,9-10,12H2,1-8H3,(H,18,19). The summed E-state index contributed by atoms with van der Waals surface area (Å²) in [6.45, 7) is 11.2. The van der Waals surface area contributed by atoms with Crippen molar-refractivity contribution in [2.45, 2.75) is 51.8 Å². The van der Waals surface area contributed by atoms with Crippen molar-refractivity contribution in [3.05, 3.63) is 17.5 Å². The molecule has 0 radical (unpaired) electrons. The summed E-state index contributed by atoms with van der Waals surface area (Å²) in [5.41, 5.74) is 2.22. The fourth-order valence-electron chi connectivity index (χ4n) is 2.35. The monoisotopic (exact) mass is 371 g/mol. The van der Waals surface area contributed by atoms with Crippen LogP contribution in [-0.4, -0.2) is 60.2 Å². The smallest absolute Gasteiger partial charge is 0.194 e. The SMILES string of the molecule is CCNC(=NCC(C)(C)S(C)(=O)=O)N(C)Cc1cn(C)nc1C(C)C. The number of aryl methyl sites for hydroxylation is 1. The zero-order valence-electron chi connectivity index (χ0n) is 16.8. The van der Waals surface area contributed by atoms with Crippen molar-refractivity contribution in [1.29, 1.82) is 0 Å². The summed E-state index contributed by atoms with van der Waals surface area (Å²) in [5, 5.41) is 7.77. The first kappa shape index (κ1) is 21.5. The molecular formula is C17H33N5O2S. The van der Waals surface area contributed by atoms with Gasteiger partial charge >= 0.3 is 0 Å². The Morgan fingerprint density at radius 3 is 2.52 bits per heavy atom. The van der Waals surface area contributed by atoms with Crippen LogP contribution < -0.4 is 5.32 Å². The lowest BCUT2D eigenvalue weighted by Crippen LogP contribution is -2.41. The van der Waals surface area contributed by atoms with Gasteiger partial charge in [0.05, 0.1) is 17.0 Å². The molecule has 0 aliphatic carbocycles. The quantitative estimate of drug-likeness (QED) is 0.584. The largest absolute Gasteiger partial charge is 0.357 e. The predicted octanol–water partition coefficient (Wildman–Crippen LogP) is 1.76. The van der Waals surface area contributed by atoms with Crippen LogP contribution in [0.1, 0.15) is 51.8 Å². The highest BCUT2D eigenvalue weighted by atomic mass is 32.2. The predicted molar refractivity (Wildman–Crippen MR) is 104 cm³/mol. The molecule has 1 aromatic rings. The molecule has 25 heavy (non-hydrogen) atoms. The van der Waals surface area contributed by atoms with Crippen LogP contribution in [0.4, 0.5) is 0 Å². The van der Waals surface area contributed by atoms with Crippen LogP contribution in [0.2, 0.25) is 0 Å². The molecule has 0 spiro atoms. The van der Waals surface area contributed by atoms with Crippen molar-refractivity contribution in [2.75, 3.05) is 26.4 Å². The van der Waals surface area contributed by atoms with Crippen LogP contribution >= 0.6 is 0 Å². The average molecular weight is 372 g/mol. The highest BCUT2D eigenvalue weighted by Gasteiger charge is 2.30. The minimum Gasteiger partial charge on any atom is -0.357 e. The molecule has 7 nitrogen and oxygen atoms in total. The fourth-order valence-corrected chi connectivity index (χ4v) is 2.64. The molecule has 0 unspecified atom stereocenters. The number of rotatable bonds is 7. The van der Waals surface area contributed by atoms with Gasteiger partial charge < -0.3 is 10.2 Å². The second-order valence-corrected chi connectivity index (χ2v) is 10.1. The highest BCUT2D eigenvalue weighted by molar-refractivity contribution is 7.92. The third kappa shape index (κ3) is 5.73. The molecule has 1 rings (SSSR count). The maximum absolute atomic E-state index is 11.9. The van der Waals surface area contributed by atoms with Gasteiger partial charge in [0.25, 0.3) is 0 Å². The van der Waals surface area contributed by atoms with E-state index in [0.29, 0.717) is 25.0 Å². The summed E-state index contributed by atoms with van der Waals surface area (Å²) in [5.74, 6) is 1.03. The topological polar surface area (TPSA) is 79.6 Å². The van der Waals surface area contributed by atoms with E-state index in [9.17, 15) is 8.42 Å². The zero-order chi connectivity index (χ0) is 19.4. The third-order valence-corrected chi connectivity index (χ3v) is 6.34. The van der Waals surface area contributed by atoms with Crippen molar-refractivity contribution in [1.82, 2.24) is 20.0 Å². The Morgan fingerprint density at radius 2 is 2.04 bits per heavy atom. The molecule has 0 atom stereocenters. The van der Waals surface area contributed by atoms with Crippen LogP contribution in [0.5, 0.6) is 0 Å². The Labute approximate surface area is 152 Å². The Morgan fingerprint density at radius 1 is 1.44 bits per heavy atom. The lowest BCUT2D eigenvalue weighted by Gasteiger charge is -2.25. The summed E-state index contributed by atoms with van der Waals surface area (Å²) in [4.78, 5) is 6.56. The van der Waals surface area contributed by atoms with Crippen LogP contribution in [0.3, 0.4) is 0 Å². The molecule has 0 aliphatic heterocycles. The van der Waals surface area contributed by atoms with Gasteiger partial charge in [-0.25, -0.2) is 8.42 Å². The maximum atomic E-state index is 11.9. The minimum absolute atomic E-state index is 0.211. The first-order chi connectivity index (χ1) is 11.4. The Hall–Kier alpha value is -1.57. The number of hydrogen-bond acceptors (Lipinski definition) is 4. The number of hydrogen-bond donors (Lipinski definition) is 1. The van der Waals surface area contributed by atoms with Gasteiger partial charge in [0.1, 0.15) is 0 Å². The number of sulfone groups is 1. The van der Waals surface area contributed by atoms with Crippen LogP contribution in [0.15, 0.2) is 11.2 Å². The van der Waals surface area contributed by atoms with Crippen molar-refractivity contribution in [3.8, 4) is 0 Å². The van der Waals surface area contributed by atoms with E-state index >= 15 is 0 Å². The molecule has 144 valence electrons. The number of guanidine groups is 1. The first-order valence-electron chi connectivity index (χ1n) is 8.60. The molecule has 0 fully saturated rings. The van der Waals surface area contributed by atoms with E-state index in [1.807, 2.05) is 36.8 Å².